The highest BCUT2D eigenvalue weighted by Crippen LogP contribution is 2.42. The zero-order valence-electron chi connectivity index (χ0n) is 13.3. The van der Waals surface area contributed by atoms with Gasteiger partial charge in [-0.15, -0.1) is 0 Å². The van der Waals surface area contributed by atoms with Gasteiger partial charge < -0.3 is 5.32 Å². The van der Waals surface area contributed by atoms with Crippen LogP contribution in [0.3, 0.4) is 0 Å². The van der Waals surface area contributed by atoms with E-state index in [0.717, 1.165) is 34.3 Å². The fourth-order valence-electron chi connectivity index (χ4n) is 3.48. The number of rotatable bonds is 5. The zero-order chi connectivity index (χ0) is 15.4. The topological polar surface area (TPSA) is 12.0 Å². The first-order valence-electron chi connectivity index (χ1n) is 8.21. The van der Waals surface area contributed by atoms with Gasteiger partial charge in [-0.05, 0) is 71.1 Å². The van der Waals surface area contributed by atoms with Crippen molar-refractivity contribution in [3.8, 4) is 0 Å². The predicted molar refractivity (Wildman–Crippen MR) is 95.9 cm³/mol. The Bertz CT molecular complexity index is 463. The van der Waals surface area contributed by atoms with Gasteiger partial charge in [-0.2, -0.15) is 0 Å². The molecule has 1 fully saturated rings. The van der Waals surface area contributed by atoms with Crippen LogP contribution in [0.25, 0.3) is 0 Å². The molecule has 1 aromatic carbocycles. The van der Waals surface area contributed by atoms with Gasteiger partial charge in [-0.1, -0.05) is 50.9 Å². The third kappa shape index (κ3) is 4.24. The first kappa shape index (κ1) is 17.3. The largest absolute Gasteiger partial charge is 0.310 e. The van der Waals surface area contributed by atoms with E-state index in [1.807, 2.05) is 6.07 Å². The SMILES string of the molecule is CCCNC(c1cccc(Br)c1Cl)C1CCC(C)C(C)C1. The summed E-state index contributed by atoms with van der Waals surface area (Å²) < 4.78 is 1.00. The van der Waals surface area contributed by atoms with Crippen LogP contribution < -0.4 is 5.32 Å². The van der Waals surface area contributed by atoms with E-state index in [-0.39, 0.29) is 0 Å². The molecule has 4 atom stereocenters. The molecular weight excluding hydrogens is 346 g/mol. The first-order valence-corrected chi connectivity index (χ1v) is 9.39. The smallest absolute Gasteiger partial charge is 0.0595 e. The maximum atomic E-state index is 6.56. The molecular formula is C18H27BrClN. The molecule has 0 saturated heterocycles. The Morgan fingerprint density at radius 2 is 2.05 bits per heavy atom. The molecule has 1 N–H and O–H groups in total. The Kier molecular flexibility index (Phi) is 6.58. The van der Waals surface area contributed by atoms with Crippen LogP contribution in [0.1, 0.15) is 58.1 Å². The normalized spacial score (nSPS) is 27.6. The highest BCUT2D eigenvalue weighted by Gasteiger charge is 2.31. The number of hydrogen-bond donors (Lipinski definition) is 1. The summed E-state index contributed by atoms with van der Waals surface area (Å²) in [5, 5.41) is 4.63. The maximum Gasteiger partial charge on any atom is 0.0595 e. The standard InChI is InChI=1S/C18H27BrClN/c1-4-10-21-18(14-9-8-12(2)13(3)11-14)15-6-5-7-16(19)17(15)20/h5-7,12-14,18,21H,4,8-11H2,1-3H3. The van der Waals surface area contributed by atoms with Gasteiger partial charge in [0.1, 0.15) is 0 Å². The molecule has 0 bridgehead atoms. The molecule has 4 unspecified atom stereocenters. The molecule has 0 amide bonds. The van der Waals surface area contributed by atoms with Gasteiger partial charge in [-0.25, -0.2) is 0 Å². The van der Waals surface area contributed by atoms with E-state index in [4.69, 9.17) is 11.6 Å². The van der Waals surface area contributed by atoms with Gasteiger partial charge in [0, 0.05) is 10.5 Å². The molecule has 0 spiro atoms. The fourth-order valence-corrected chi connectivity index (χ4v) is 4.11. The molecule has 3 heteroatoms. The van der Waals surface area contributed by atoms with Crippen LogP contribution in [0.15, 0.2) is 22.7 Å². The van der Waals surface area contributed by atoms with Gasteiger partial charge >= 0.3 is 0 Å². The fraction of sp³-hybridized carbons (Fsp3) is 0.667. The third-order valence-electron chi connectivity index (χ3n) is 5.04. The van der Waals surface area contributed by atoms with Crippen LogP contribution >= 0.6 is 27.5 Å². The van der Waals surface area contributed by atoms with Crippen LogP contribution in [-0.2, 0) is 0 Å². The van der Waals surface area contributed by atoms with Crippen molar-refractivity contribution in [1.29, 1.82) is 0 Å². The summed E-state index contributed by atoms with van der Waals surface area (Å²) in [4.78, 5) is 0. The third-order valence-corrected chi connectivity index (χ3v) is 6.35. The molecule has 1 aliphatic carbocycles. The molecule has 1 nitrogen and oxygen atoms in total. The van der Waals surface area contributed by atoms with Gasteiger partial charge in [0.05, 0.1) is 5.02 Å². The Morgan fingerprint density at radius 1 is 1.29 bits per heavy atom. The summed E-state index contributed by atoms with van der Waals surface area (Å²) in [7, 11) is 0. The van der Waals surface area contributed by atoms with Crippen molar-refractivity contribution < 1.29 is 0 Å². The minimum atomic E-state index is 0.380. The molecule has 2 rings (SSSR count). The molecule has 118 valence electrons. The molecule has 0 radical (unpaired) electrons. The second kappa shape index (κ2) is 7.99. The van der Waals surface area contributed by atoms with Crippen LogP contribution in [0, 0.1) is 17.8 Å². The van der Waals surface area contributed by atoms with Crippen LogP contribution in [-0.4, -0.2) is 6.54 Å². The van der Waals surface area contributed by atoms with Gasteiger partial charge in [0.25, 0.3) is 0 Å². The lowest BCUT2D eigenvalue weighted by atomic mass is 9.72. The van der Waals surface area contributed by atoms with Crippen molar-refractivity contribution in [3.63, 3.8) is 0 Å². The molecule has 0 aliphatic heterocycles. The first-order chi connectivity index (χ1) is 10.0. The van der Waals surface area contributed by atoms with E-state index in [9.17, 15) is 0 Å². The van der Waals surface area contributed by atoms with E-state index in [0.29, 0.717) is 12.0 Å². The zero-order valence-corrected chi connectivity index (χ0v) is 15.7. The Labute approximate surface area is 143 Å². The van der Waals surface area contributed by atoms with Crippen molar-refractivity contribution >= 4 is 27.5 Å². The maximum absolute atomic E-state index is 6.56. The quantitative estimate of drug-likeness (QED) is 0.647. The number of halogens is 2. The van der Waals surface area contributed by atoms with Crippen molar-refractivity contribution in [2.75, 3.05) is 6.54 Å². The second-order valence-electron chi connectivity index (χ2n) is 6.60. The monoisotopic (exact) mass is 371 g/mol. The lowest BCUT2D eigenvalue weighted by Gasteiger charge is -2.37. The van der Waals surface area contributed by atoms with Crippen molar-refractivity contribution in [1.82, 2.24) is 5.32 Å². The van der Waals surface area contributed by atoms with Gasteiger partial charge in [-0.3, -0.25) is 0 Å². The summed E-state index contributed by atoms with van der Waals surface area (Å²) in [6, 6.07) is 6.68. The minimum Gasteiger partial charge on any atom is -0.310 e. The number of nitrogens with one attached hydrogen (secondary N) is 1. The highest BCUT2D eigenvalue weighted by molar-refractivity contribution is 9.10. The van der Waals surface area contributed by atoms with E-state index < -0.39 is 0 Å². The second-order valence-corrected chi connectivity index (χ2v) is 7.83. The van der Waals surface area contributed by atoms with Crippen molar-refractivity contribution in [2.24, 2.45) is 17.8 Å². The van der Waals surface area contributed by atoms with Crippen LogP contribution in [0.4, 0.5) is 0 Å². The minimum absolute atomic E-state index is 0.380. The average molecular weight is 373 g/mol. The Morgan fingerprint density at radius 3 is 2.71 bits per heavy atom. The van der Waals surface area contributed by atoms with Gasteiger partial charge in [0.2, 0.25) is 0 Å². The summed E-state index contributed by atoms with van der Waals surface area (Å²) in [5.41, 5.74) is 1.26. The summed E-state index contributed by atoms with van der Waals surface area (Å²) in [6.45, 7) is 8.06. The number of hydrogen-bond acceptors (Lipinski definition) is 1. The van der Waals surface area contributed by atoms with Gasteiger partial charge in [0.15, 0.2) is 0 Å². The molecule has 0 heterocycles. The van der Waals surface area contributed by atoms with E-state index >= 15 is 0 Å². The molecule has 1 saturated carbocycles. The highest BCUT2D eigenvalue weighted by atomic mass is 79.9. The molecule has 0 aromatic heterocycles. The van der Waals surface area contributed by atoms with Crippen molar-refractivity contribution in [3.05, 3.63) is 33.3 Å². The van der Waals surface area contributed by atoms with Crippen LogP contribution in [0.2, 0.25) is 5.02 Å². The van der Waals surface area contributed by atoms with E-state index in [1.54, 1.807) is 0 Å². The molecule has 1 aromatic rings. The number of benzene rings is 1. The lowest BCUT2D eigenvalue weighted by Crippen LogP contribution is -2.34. The van der Waals surface area contributed by atoms with E-state index in [1.165, 1.54) is 24.8 Å². The molecule has 1 aliphatic rings. The van der Waals surface area contributed by atoms with Crippen LogP contribution in [0.5, 0.6) is 0 Å². The van der Waals surface area contributed by atoms with E-state index in [2.05, 4.69) is 54.2 Å². The Balaban J connectivity index is 2.23. The Hall–Kier alpha value is -0.0500. The average Bonchev–Trinajstić information content (AvgIpc) is 2.47. The summed E-state index contributed by atoms with van der Waals surface area (Å²) in [6.07, 6.45) is 5.09. The van der Waals surface area contributed by atoms with Crippen molar-refractivity contribution in [2.45, 2.75) is 52.5 Å². The lowest BCUT2D eigenvalue weighted by molar-refractivity contribution is 0.171. The molecule has 21 heavy (non-hydrogen) atoms. The predicted octanol–water partition coefficient (Wildman–Crippen LogP) is 6.22. The summed E-state index contributed by atoms with van der Waals surface area (Å²) in [5.74, 6) is 2.35. The summed E-state index contributed by atoms with van der Waals surface area (Å²) >= 11 is 10.1.